The minimum Gasteiger partial charge on any atom is -0.497 e. The van der Waals surface area contributed by atoms with Crippen molar-refractivity contribution in [1.82, 2.24) is 4.72 Å². The molecule has 0 bridgehead atoms. The minimum atomic E-state index is -3.44. The Morgan fingerprint density at radius 2 is 1.94 bits per heavy atom. The van der Waals surface area contributed by atoms with Crippen molar-refractivity contribution in [3.8, 4) is 5.75 Å². The summed E-state index contributed by atoms with van der Waals surface area (Å²) in [5.74, 6) is 0.633. The largest absolute Gasteiger partial charge is 0.497 e. The number of benzene rings is 1. The third kappa shape index (κ3) is 3.87. The molecule has 0 unspecified atom stereocenters. The molecular weight excluding hydrogens is 238 g/mol. The van der Waals surface area contributed by atoms with Gasteiger partial charge < -0.3 is 4.74 Å². The van der Waals surface area contributed by atoms with Gasteiger partial charge in [0.05, 0.1) is 12.0 Å². The summed E-state index contributed by atoms with van der Waals surface area (Å²) in [7, 11) is -1.90. The van der Waals surface area contributed by atoms with E-state index in [1.54, 1.807) is 12.1 Å². The Morgan fingerprint density at radius 3 is 2.41 bits per heavy atom. The van der Waals surface area contributed by atoms with Gasteiger partial charge in [0.25, 0.3) is 0 Å². The van der Waals surface area contributed by atoms with Gasteiger partial charge in [-0.1, -0.05) is 11.6 Å². The normalized spacial score (nSPS) is 12.5. The first-order valence-electron chi connectivity index (χ1n) is 5.25. The van der Waals surface area contributed by atoms with E-state index < -0.39 is 10.0 Å². The molecule has 0 saturated heterocycles. The molecule has 0 aliphatic carbocycles. The van der Waals surface area contributed by atoms with Crippen LogP contribution in [-0.2, 0) is 10.0 Å². The number of methoxy groups -OCH3 is 1. The lowest BCUT2D eigenvalue weighted by Gasteiger charge is -2.07. The Balaban J connectivity index is 2.82. The van der Waals surface area contributed by atoms with Gasteiger partial charge in [0.15, 0.2) is 0 Å². The maximum absolute atomic E-state index is 11.9. The van der Waals surface area contributed by atoms with Gasteiger partial charge in [-0.2, -0.15) is 0 Å². The van der Waals surface area contributed by atoms with Gasteiger partial charge in [-0.15, -0.1) is 0 Å². The van der Waals surface area contributed by atoms with E-state index in [4.69, 9.17) is 4.74 Å². The second kappa shape index (κ2) is 5.84. The van der Waals surface area contributed by atoms with Crippen LogP contribution in [0, 0.1) is 0 Å². The Morgan fingerprint density at radius 1 is 1.35 bits per heavy atom. The molecule has 5 heteroatoms. The highest BCUT2D eigenvalue weighted by Gasteiger charge is 2.13. The van der Waals surface area contributed by atoms with Crippen LogP contribution in [-0.4, -0.2) is 22.1 Å². The van der Waals surface area contributed by atoms with E-state index in [-0.39, 0.29) is 4.90 Å². The standard InChI is InChI=1S/C12H17NO3S/c1-4-10(2)9-13-17(14,15)12-7-5-11(16-3)6-8-12/h4-8,13H,9H2,1-3H3/b10-4+. The molecule has 1 rings (SSSR count). The molecule has 0 heterocycles. The van der Waals surface area contributed by atoms with Crippen molar-refractivity contribution in [2.75, 3.05) is 13.7 Å². The lowest BCUT2D eigenvalue weighted by atomic mass is 10.3. The van der Waals surface area contributed by atoms with E-state index in [2.05, 4.69) is 4.72 Å². The summed E-state index contributed by atoms with van der Waals surface area (Å²) >= 11 is 0. The molecule has 1 N–H and O–H groups in total. The minimum absolute atomic E-state index is 0.238. The number of allylic oxidation sites excluding steroid dienone is 1. The Hall–Kier alpha value is -1.33. The van der Waals surface area contributed by atoms with Crippen LogP contribution in [0.1, 0.15) is 13.8 Å². The van der Waals surface area contributed by atoms with Crippen molar-refractivity contribution in [3.63, 3.8) is 0 Å². The van der Waals surface area contributed by atoms with Gasteiger partial charge in [0, 0.05) is 6.54 Å². The number of hydrogen-bond acceptors (Lipinski definition) is 3. The lowest BCUT2D eigenvalue weighted by molar-refractivity contribution is 0.414. The fourth-order valence-corrected chi connectivity index (χ4v) is 2.23. The number of nitrogens with one attached hydrogen (secondary N) is 1. The van der Waals surface area contributed by atoms with Crippen molar-refractivity contribution in [2.24, 2.45) is 0 Å². The predicted molar refractivity (Wildman–Crippen MR) is 67.6 cm³/mol. The van der Waals surface area contributed by atoms with Crippen LogP contribution in [0.15, 0.2) is 40.8 Å². The number of ether oxygens (including phenoxy) is 1. The second-order valence-electron chi connectivity index (χ2n) is 3.64. The van der Waals surface area contributed by atoms with E-state index in [9.17, 15) is 8.42 Å². The molecule has 0 spiro atoms. The Bertz CT molecular complexity index is 489. The SMILES string of the molecule is C/C=C(\C)CNS(=O)(=O)c1ccc(OC)cc1. The Labute approximate surface area is 102 Å². The van der Waals surface area contributed by atoms with E-state index in [1.807, 2.05) is 19.9 Å². The zero-order chi connectivity index (χ0) is 12.9. The van der Waals surface area contributed by atoms with E-state index in [0.29, 0.717) is 12.3 Å². The average molecular weight is 255 g/mol. The zero-order valence-corrected chi connectivity index (χ0v) is 11.0. The van der Waals surface area contributed by atoms with Crippen LogP contribution in [0.4, 0.5) is 0 Å². The number of hydrogen-bond donors (Lipinski definition) is 1. The maximum Gasteiger partial charge on any atom is 0.240 e. The first-order chi connectivity index (χ1) is 7.99. The van der Waals surface area contributed by atoms with Crippen LogP contribution in [0.25, 0.3) is 0 Å². The molecule has 94 valence electrons. The first kappa shape index (κ1) is 13.7. The fourth-order valence-electron chi connectivity index (χ4n) is 1.15. The van der Waals surface area contributed by atoms with Crippen LogP contribution in [0.2, 0.25) is 0 Å². The van der Waals surface area contributed by atoms with Gasteiger partial charge in [-0.05, 0) is 38.1 Å². The number of sulfonamides is 1. The predicted octanol–water partition coefficient (Wildman–Crippen LogP) is 1.94. The van der Waals surface area contributed by atoms with Crippen LogP contribution in [0.3, 0.4) is 0 Å². The maximum atomic E-state index is 11.9. The topological polar surface area (TPSA) is 55.4 Å². The van der Waals surface area contributed by atoms with Crippen molar-refractivity contribution >= 4 is 10.0 Å². The van der Waals surface area contributed by atoms with Crippen LogP contribution < -0.4 is 9.46 Å². The molecule has 17 heavy (non-hydrogen) atoms. The molecule has 0 atom stereocenters. The van der Waals surface area contributed by atoms with Crippen LogP contribution >= 0.6 is 0 Å². The molecule has 0 amide bonds. The lowest BCUT2D eigenvalue weighted by Crippen LogP contribution is -2.25. The van der Waals surface area contributed by atoms with E-state index in [0.717, 1.165) is 5.57 Å². The quantitative estimate of drug-likeness (QED) is 0.818. The summed E-state index contributed by atoms with van der Waals surface area (Å²) in [6.45, 7) is 4.07. The third-order valence-electron chi connectivity index (χ3n) is 2.40. The summed E-state index contributed by atoms with van der Waals surface area (Å²) in [6, 6.07) is 6.28. The van der Waals surface area contributed by atoms with Gasteiger partial charge in [-0.25, -0.2) is 13.1 Å². The van der Waals surface area contributed by atoms with Crippen molar-refractivity contribution in [3.05, 3.63) is 35.9 Å². The molecule has 0 aliphatic heterocycles. The van der Waals surface area contributed by atoms with Crippen molar-refractivity contribution < 1.29 is 13.2 Å². The van der Waals surface area contributed by atoms with Gasteiger partial charge >= 0.3 is 0 Å². The molecule has 0 fully saturated rings. The second-order valence-corrected chi connectivity index (χ2v) is 5.40. The molecule has 0 aliphatic rings. The van der Waals surface area contributed by atoms with Gasteiger partial charge in [0.1, 0.15) is 5.75 Å². The summed E-state index contributed by atoms with van der Waals surface area (Å²) < 4.78 is 31.2. The molecule has 1 aromatic carbocycles. The summed E-state index contributed by atoms with van der Waals surface area (Å²) in [6.07, 6.45) is 1.87. The monoisotopic (exact) mass is 255 g/mol. The fraction of sp³-hybridized carbons (Fsp3) is 0.333. The summed E-state index contributed by atoms with van der Waals surface area (Å²) in [5, 5.41) is 0. The van der Waals surface area contributed by atoms with E-state index >= 15 is 0 Å². The highest BCUT2D eigenvalue weighted by molar-refractivity contribution is 7.89. The smallest absolute Gasteiger partial charge is 0.240 e. The van der Waals surface area contributed by atoms with Gasteiger partial charge in [-0.3, -0.25) is 0 Å². The third-order valence-corrected chi connectivity index (χ3v) is 3.82. The Kier molecular flexibility index (Phi) is 4.72. The molecule has 0 radical (unpaired) electrons. The van der Waals surface area contributed by atoms with Crippen LogP contribution in [0.5, 0.6) is 5.75 Å². The molecule has 0 aromatic heterocycles. The highest BCUT2D eigenvalue weighted by Crippen LogP contribution is 2.15. The summed E-state index contributed by atoms with van der Waals surface area (Å²) in [5.41, 5.74) is 0.974. The average Bonchev–Trinajstić information content (AvgIpc) is 2.36. The van der Waals surface area contributed by atoms with E-state index in [1.165, 1.54) is 19.2 Å². The molecular formula is C12H17NO3S. The molecule has 4 nitrogen and oxygen atoms in total. The highest BCUT2D eigenvalue weighted by atomic mass is 32.2. The molecule has 0 saturated carbocycles. The molecule has 1 aromatic rings. The summed E-state index contributed by atoms with van der Waals surface area (Å²) in [4.78, 5) is 0.238. The zero-order valence-electron chi connectivity index (χ0n) is 10.2. The van der Waals surface area contributed by atoms with Crippen molar-refractivity contribution in [2.45, 2.75) is 18.7 Å². The van der Waals surface area contributed by atoms with Gasteiger partial charge in [0.2, 0.25) is 10.0 Å². The number of rotatable bonds is 5. The first-order valence-corrected chi connectivity index (χ1v) is 6.73. The van der Waals surface area contributed by atoms with Crippen molar-refractivity contribution in [1.29, 1.82) is 0 Å².